The van der Waals surface area contributed by atoms with Gasteiger partial charge in [-0.15, -0.1) is 13.2 Å². The molecule has 4 fully saturated rings. The maximum atomic E-state index is 12.0. The van der Waals surface area contributed by atoms with Crippen LogP contribution in [0.2, 0.25) is 0 Å². The van der Waals surface area contributed by atoms with E-state index in [0.29, 0.717) is 39.3 Å². The number of carbonyl (C=O) groups excluding carboxylic acids is 1. The number of hydrogen-bond donors (Lipinski definition) is 3. The molecule has 4 aliphatic rings. The summed E-state index contributed by atoms with van der Waals surface area (Å²) in [6.45, 7) is 24.2. The summed E-state index contributed by atoms with van der Waals surface area (Å²) < 4.78 is 38.2. The Kier molecular flexibility index (Phi) is 16.4. The van der Waals surface area contributed by atoms with Crippen LogP contribution in [0, 0.1) is 17.8 Å². The van der Waals surface area contributed by atoms with Crippen LogP contribution in [-0.4, -0.2) is 108 Å². The molecule has 48 heavy (non-hydrogen) atoms. The molecule has 0 saturated carbocycles. The molecule has 3 N–H and O–H groups in total. The number of aliphatic hydroxyl groups excluding tert-OH is 3. The maximum Gasteiger partial charge on any atom is 0.336 e. The zero-order valence-electron chi connectivity index (χ0n) is 29.9. The third-order valence-electron chi connectivity index (χ3n) is 8.38. The van der Waals surface area contributed by atoms with E-state index in [9.17, 15) is 20.1 Å². The van der Waals surface area contributed by atoms with Crippen LogP contribution in [0.1, 0.15) is 81.1 Å². The second-order valence-electron chi connectivity index (χ2n) is 14.2. The number of esters is 1. The average molecular weight is 686 g/mol. The van der Waals surface area contributed by atoms with E-state index in [-0.39, 0.29) is 42.5 Å². The predicted molar refractivity (Wildman–Crippen MR) is 177 cm³/mol. The van der Waals surface area contributed by atoms with Gasteiger partial charge in [0.25, 0.3) is 0 Å². The van der Waals surface area contributed by atoms with Gasteiger partial charge in [-0.1, -0.05) is 24.2 Å². The molecule has 4 aliphatic heterocycles. The summed E-state index contributed by atoms with van der Waals surface area (Å²) in [5, 5.41) is 33.3. The van der Waals surface area contributed by atoms with Gasteiger partial charge >= 0.3 is 5.97 Å². The molecule has 14 nitrogen and oxygen atoms in total. The Morgan fingerprint density at radius 2 is 1.52 bits per heavy atom. The highest BCUT2D eigenvalue weighted by Crippen LogP contribution is 2.33. The standard InChI is InChI=1S/C15H26O5.C12H22O3.C7H11N3O3/c1-7-10(11-8-9-18-15(5,6)19-11)12(16)13(17)20-14(2,3)4;1-5-9(10(13)6-2)11-7-8-14-12(3,4)15-11;8-10-9-4-3-13-7-6(4)5(11)1-2-12-7/h7,10-12,16H,1,8-9H2,2-6H3;5,9-11,13H,1,6-8H2,2-4H3;4-7,11H,1-3H2/t10-,11+,12+;9-,10+,11-;4-,5-,6-,7-/m100/s1. The fourth-order valence-electron chi connectivity index (χ4n) is 6.00. The lowest BCUT2D eigenvalue weighted by Gasteiger charge is -2.39. The molecule has 0 unspecified atom stereocenters. The van der Waals surface area contributed by atoms with Crippen molar-refractivity contribution in [1.29, 1.82) is 0 Å². The predicted octanol–water partition coefficient (Wildman–Crippen LogP) is 4.55. The Morgan fingerprint density at radius 3 is 1.98 bits per heavy atom. The lowest BCUT2D eigenvalue weighted by atomic mass is 9.91. The van der Waals surface area contributed by atoms with E-state index in [2.05, 4.69) is 23.2 Å². The maximum absolute atomic E-state index is 12.0. The Balaban J connectivity index is 0.000000256. The number of hydrogen-bond acceptors (Lipinski definition) is 12. The fraction of sp³-hybridized carbons (Fsp3) is 0.853. The summed E-state index contributed by atoms with van der Waals surface area (Å²) in [6.07, 6.45) is 3.22. The molecule has 0 amide bonds. The van der Waals surface area contributed by atoms with Crippen LogP contribution in [0.25, 0.3) is 10.4 Å². The number of carbonyl (C=O) groups is 1. The van der Waals surface area contributed by atoms with E-state index in [1.807, 2.05) is 20.8 Å². The van der Waals surface area contributed by atoms with Crippen molar-refractivity contribution in [1.82, 2.24) is 0 Å². The van der Waals surface area contributed by atoms with Crippen molar-refractivity contribution in [2.24, 2.45) is 22.9 Å². The molecule has 10 atom stereocenters. The first-order valence-corrected chi connectivity index (χ1v) is 16.8. The molecule has 0 bridgehead atoms. The highest BCUT2D eigenvalue weighted by Gasteiger charge is 2.44. The highest BCUT2D eigenvalue weighted by atomic mass is 16.7. The first-order valence-electron chi connectivity index (χ1n) is 16.8. The first-order chi connectivity index (χ1) is 22.4. The van der Waals surface area contributed by atoms with Gasteiger partial charge in [-0.3, -0.25) is 0 Å². The lowest BCUT2D eigenvalue weighted by molar-refractivity contribution is -0.284. The quantitative estimate of drug-likeness (QED) is 0.101. The minimum Gasteiger partial charge on any atom is -0.458 e. The molecule has 0 aromatic heterocycles. The van der Waals surface area contributed by atoms with Crippen molar-refractivity contribution in [2.45, 2.75) is 141 Å². The van der Waals surface area contributed by atoms with Crippen molar-refractivity contribution in [3.63, 3.8) is 0 Å². The molecule has 0 aliphatic carbocycles. The molecule has 276 valence electrons. The van der Waals surface area contributed by atoms with Crippen molar-refractivity contribution in [2.75, 3.05) is 26.4 Å². The van der Waals surface area contributed by atoms with Crippen LogP contribution in [0.5, 0.6) is 0 Å². The zero-order valence-corrected chi connectivity index (χ0v) is 29.9. The summed E-state index contributed by atoms with van der Waals surface area (Å²) in [5.41, 5.74) is 7.64. The lowest BCUT2D eigenvalue weighted by Crippen LogP contribution is -2.48. The third-order valence-corrected chi connectivity index (χ3v) is 8.38. The zero-order chi connectivity index (χ0) is 36.3. The molecule has 4 heterocycles. The van der Waals surface area contributed by atoms with Crippen LogP contribution in [0.15, 0.2) is 30.4 Å². The van der Waals surface area contributed by atoms with Crippen molar-refractivity contribution in [3.05, 3.63) is 35.8 Å². The molecule has 0 radical (unpaired) electrons. The van der Waals surface area contributed by atoms with Crippen LogP contribution >= 0.6 is 0 Å². The SMILES string of the molecule is C=C[C@@H]([C@H](O)CC)[C@@H]1CCOC(C)(C)O1.C=C[C@H]([C@@H]1CCOC(C)(C)O1)[C@H](O)C(=O)OC(C)(C)C.[N-]=[N+]=N[C@H]1CO[C@@H]2OCC[C@H](O)[C@@H]21. The van der Waals surface area contributed by atoms with Gasteiger partial charge in [0.15, 0.2) is 24.0 Å². The minimum atomic E-state index is -1.29. The minimum absolute atomic E-state index is 0.00169. The largest absolute Gasteiger partial charge is 0.458 e. The molecule has 0 aromatic rings. The van der Waals surface area contributed by atoms with E-state index in [4.69, 9.17) is 38.7 Å². The van der Waals surface area contributed by atoms with Gasteiger partial charge < -0.3 is 48.5 Å². The van der Waals surface area contributed by atoms with Crippen LogP contribution in [0.4, 0.5) is 0 Å². The van der Waals surface area contributed by atoms with E-state index in [0.717, 1.165) is 12.8 Å². The van der Waals surface area contributed by atoms with Gasteiger partial charge in [0, 0.05) is 22.7 Å². The molecule has 0 aromatic carbocycles. The summed E-state index contributed by atoms with van der Waals surface area (Å²) >= 11 is 0. The number of fused-ring (bicyclic) bond motifs is 1. The van der Waals surface area contributed by atoms with Crippen LogP contribution in [0.3, 0.4) is 0 Å². The van der Waals surface area contributed by atoms with Gasteiger partial charge in [-0.25, -0.2) is 4.79 Å². The number of ether oxygens (including phenoxy) is 7. The highest BCUT2D eigenvalue weighted by molar-refractivity contribution is 5.75. The summed E-state index contributed by atoms with van der Waals surface area (Å²) in [7, 11) is 0. The smallest absolute Gasteiger partial charge is 0.336 e. The van der Waals surface area contributed by atoms with E-state index >= 15 is 0 Å². The number of azide groups is 1. The summed E-state index contributed by atoms with van der Waals surface area (Å²) in [6, 6.07) is -0.287. The normalized spacial score (nSPS) is 31.7. The monoisotopic (exact) mass is 685 g/mol. The molecule has 4 rings (SSSR count). The van der Waals surface area contributed by atoms with Gasteiger partial charge in [0.2, 0.25) is 0 Å². The molecule has 4 saturated heterocycles. The van der Waals surface area contributed by atoms with Crippen molar-refractivity contribution in [3.8, 4) is 0 Å². The second-order valence-corrected chi connectivity index (χ2v) is 14.2. The van der Waals surface area contributed by atoms with Gasteiger partial charge in [0.1, 0.15) is 5.60 Å². The van der Waals surface area contributed by atoms with E-state index in [1.165, 1.54) is 0 Å². The van der Waals surface area contributed by atoms with E-state index in [1.54, 1.807) is 46.8 Å². The topological polar surface area (TPSA) is 191 Å². The number of nitrogens with zero attached hydrogens (tertiary/aromatic N) is 3. The fourth-order valence-corrected chi connectivity index (χ4v) is 6.00. The molecular weight excluding hydrogens is 626 g/mol. The average Bonchev–Trinajstić information content (AvgIpc) is 3.41. The van der Waals surface area contributed by atoms with Crippen LogP contribution in [-0.2, 0) is 38.0 Å². The van der Waals surface area contributed by atoms with Gasteiger partial charge in [-0.05, 0) is 79.7 Å². The molecular formula is C34H59N3O11. The summed E-state index contributed by atoms with van der Waals surface area (Å²) in [5.74, 6) is -2.64. The van der Waals surface area contributed by atoms with Gasteiger partial charge in [-0.2, -0.15) is 0 Å². The first kappa shape index (κ1) is 42.1. The van der Waals surface area contributed by atoms with Crippen molar-refractivity contribution >= 4 is 5.97 Å². The van der Waals surface area contributed by atoms with Crippen LogP contribution < -0.4 is 0 Å². The van der Waals surface area contributed by atoms with Crippen molar-refractivity contribution < 1.29 is 53.3 Å². The Labute approximate surface area is 285 Å². The third kappa shape index (κ3) is 13.0. The molecule has 14 heteroatoms. The second kappa shape index (κ2) is 18.8. The number of rotatable bonds is 9. The Morgan fingerprint density at radius 1 is 0.979 bits per heavy atom. The van der Waals surface area contributed by atoms with E-state index < -0.39 is 41.3 Å². The van der Waals surface area contributed by atoms with Gasteiger partial charge in [0.05, 0.1) is 56.9 Å². The molecule has 0 spiro atoms. The Bertz CT molecular complexity index is 1080. The number of aliphatic hydroxyl groups is 3. The summed E-state index contributed by atoms with van der Waals surface area (Å²) in [4.78, 5) is 14.7. The Hall–Kier alpha value is -2.10.